The third-order valence-corrected chi connectivity index (χ3v) is 4.44. The van der Waals surface area contributed by atoms with Crippen LogP contribution in [0.25, 0.3) is 0 Å². The zero-order valence-corrected chi connectivity index (χ0v) is 13.3. The lowest BCUT2D eigenvalue weighted by Crippen LogP contribution is -2.48. The highest BCUT2D eigenvalue weighted by molar-refractivity contribution is 6.30. The molecule has 1 saturated heterocycles. The number of nitrogens with zero attached hydrogens (tertiary/aromatic N) is 1. The van der Waals surface area contributed by atoms with Crippen molar-refractivity contribution in [2.75, 3.05) is 19.6 Å². The van der Waals surface area contributed by atoms with Gasteiger partial charge in [0.25, 0.3) is 0 Å². The van der Waals surface area contributed by atoms with Gasteiger partial charge in [0.15, 0.2) is 0 Å². The van der Waals surface area contributed by atoms with E-state index in [0.717, 1.165) is 18.5 Å². The molecular weight excluding hydrogens is 286 g/mol. The number of likely N-dealkylation sites (tertiary alicyclic amines) is 1. The molecule has 0 aliphatic carbocycles. The van der Waals surface area contributed by atoms with Gasteiger partial charge in [0.05, 0.1) is 6.54 Å². The van der Waals surface area contributed by atoms with Crippen LogP contribution in [0.2, 0.25) is 5.02 Å². The summed E-state index contributed by atoms with van der Waals surface area (Å²) in [6.07, 6.45) is 2.28. The van der Waals surface area contributed by atoms with Crippen molar-refractivity contribution in [3.05, 3.63) is 34.9 Å². The number of hydrogen-bond acceptors (Lipinski definition) is 3. The predicted octanol–water partition coefficient (Wildman–Crippen LogP) is 2.02. The molecule has 2 unspecified atom stereocenters. The Hall–Kier alpha value is -1.10. The van der Waals surface area contributed by atoms with Gasteiger partial charge in [0.1, 0.15) is 0 Å². The van der Waals surface area contributed by atoms with E-state index in [0.29, 0.717) is 36.6 Å². The second-order valence-electron chi connectivity index (χ2n) is 5.86. The molecule has 5 heteroatoms. The van der Waals surface area contributed by atoms with Crippen molar-refractivity contribution in [2.24, 2.45) is 11.7 Å². The molecule has 2 atom stereocenters. The Morgan fingerprint density at radius 3 is 2.76 bits per heavy atom. The molecule has 3 N–H and O–H groups in total. The fraction of sp³-hybridized carbons (Fsp3) is 0.562. The normalized spacial score (nSPS) is 23.0. The maximum atomic E-state index is 12.1. The van der Waals surface area contributed by atoms with E-state index < -0.39 is 0 Å². The van der Waals surface area contributed by atoms with Crippen LogP contribution in [-0.2, 0) is 11.3 Å². The molecule has 4 nitrogen and oxygen atoms in total. The molecule has 1 heterocycles. The third kappa shape index (κ3) is 4.99. The molecule has 0 aromatic heterocycles. The smallest absolute Gasteiger partial charge is 0.234 e. The van der Waals surface area contributed by atoms with Crippen molar-refractivity contribution < 1.29 is 4.79 Å². The summed E-state index contributed by atoms with van der Waals surface area (Å²) >= 11 is 5.84. The quantitative estimate of drug-likeness (QED) is 0.875. The lowest BCUT2D eigenvalue weighted by atomic mass is 9.93. The first-order valence-corrected chi connectivity index (χ1v) is 7.91. The van der Waals surface area contributed by atoms with Gasteiger partial charge >= 0.3 is 0 Å². The first kappa shape index (κ1) is 16.3. The molecule has 0 spiro atoms. The van der Waals surface area contributed by atoms with Crippen LogP contribution in [0.1, 0.15) is 25.3 Å². The van der Waals surface area contributed by atoms with Crippen molar-refractivity contribution in [1.29, 1.82) is 0 Å². The lowest BCUT2D eigenvalue weighted by molar-refractivity contribution is -0.123. The summed E-state index contributed by atoms with van der Waals surface area (Å²) in [7, 11) is 0. The van der Waals surface area contributed by atoms with Gasteiger partial charge in [-0.15, -0.1) is 0 Å². The number of halogens is 1. The van der Waals surface area contributed by atoms with Crippen LogP contribution < -0.4 is 11.1 Å². The Morgan fingerprint density at radius 2 is 2.10 bits per heavy atom. The molecule has 2 rings (SSSR count). The summed E-state index contributed by atoms with van der Waals surface area (Å²) in [6, 6.07) is 7.98. The maximum Gasteiger partial charge on any atom is 0.234 e. The van der Waals surface area contributed by atoms with Gasteiger partial charge in [-0.3, -0.25) is 9.69 Å². The van der Waals surface area contributed by atoms with Gasteiger partial charge in [-0.25, -0.2) is 0 Å². The van der Waals surface area contributed by atoms with E-state index in [2.05, 4.69) is 17.1 Å². The minimum Gasteiger partial charge on any atom is -0.351 e. The highest BCUT2D eigenvalue weighted by Gasteiger charge is 2.25. The molecule has 1 fully saturated rings. The molecule has 1 amide bonds. The number of piperidine rings is 1. The SMILES string of the molecule is CC1CCC(CN)CN1CC(=O)NCc1ccc(Cl)cc1. The van der Waals surface area contributed by atoms with E-state index in [1.165, 1.54) is 6.42 Å². The summed E-state index contributed by atoms with van der Waals surface area (Å²) in [5.41, 5.74) is 6.81. The lowest BCUT2D eigenvalue weighted by Gasteiger charge is -2.37. The predicted molar refractivity (Wildman–Crippen MR) is 86.1 cm³/mol. The molecule has 1 aliphatic rings. The number of carbonyl (C=O) groups excluding carboxylic acids is 1. The van der Waals surface area contributed by atoms with Crippen LogP contribution >= 0.6 is 11.6 Å². The number of benzene rings is 1. The Morgan fingerprint density at radius 1 is 1.38 bits per heavy atom. The monoisotopic (exact) mass is 309 g/mol. The van der Waals surface area contributed by atoms with E-state index in [1.54, 1.807) is 0 Å². The maximum absolute atomic E-state index is 12.1. The van der Waals surface area contributed by atoms with Crippen LogP contribution in [0.15, 0.2) is 24.3 Å². The van der Waals surface area contributed by atoms with Gasteiger partial charge in [-0.05, 0) is 49.9 Å². The minimum absolute atomic E-state index is 0.0643. The molecule has 0 saturated carbocycles. The van der Waals surface area contributed by atoms with Gasteiger partial charge in [0.2, 0.25) is 5.91 Å². The van der Waals surface area contributed by atoms with Crippen LogP contribution in [0.5, 0.6) is 0 Å². The van der Waals surface area contributed by atoms with E-state index in [9.17, 15) is 4.79 Å². The van der Waals surface area contributed by atoms with Gasteiger partial charge in [-0.1, -0.05) is 23.7 Å². The van der Waals surface area contributed by atoms with E-state index in [-0.39, 0.29) is 5.91 Å². The average molecular weight is 310 g/mol. The summed E-state index contributed by atoms with van der Waals surface area (Å²) in [4.78, 5) is 14.3. The summed E-state index contributed by atoms with van der Waals surface area (Å²) in [5.74, 6) is 0.583. The number of rotatable bonds is 5. The van der Waals surface area contributed by atoms with E-state index in [1.807, 2.05) is 24.3 Å². The molecule has 1 aliphatic heterocycles. The fourth-order valence-corrected chi connectivity index (χ4v) is 2.84. The number of nitrogens with one attached hydrogen (secondary N) is 1. The second-order valence-corrected chi connectivity index (χ2v) is 6.30. The molecule has 21 heavy (non-hydrogen) atoms. The topological polar surface area (TPSA) is 58.4 Å². The summed E-state index contributed by atoms with van der Waals surface area (Å²) in [6.45, 7) is 4.80. The largest absolute Gasteiger partial charge is 0.351 e. The number of nitrogens with two attached hydrogens (primary N) is 1. The average Bonchev–Trinajstić information content (AvgIpc) is 2.49. The zero-order chi connectivity index (χ0) is 15.2. The third-order valence-electron chi connectivity index (χ3n) is 4.19. The minimum atomic E-state index is 0.0643. The Labute approximate surface area is 131 Å². The number of hydrogen-bond donors (Lipinski definition) is 2. The standard InChI is InChI=1S/C16H24ClN3O/c1-12-2-3-14(8-18)10-20(12)11-16(21)19-9-13-4-6-15(17)7-5-13/h4-7,12,14H,2-3,8-11,18H2,1H3,(H,19,21). The Bertz CT molecular complexity index is 463. The van der Waals surface area contributed by atoms with Crippen LogP contribution in [0, 0.1) is 5.92 Å². The summed E-state index contributed by atoms with van der Waals surface area (Å²) in [5, 5.41) is 3.67. The number of carbonyl (C=O) groups is 1. The van der Waals surface area contributed by atoms with Crippen LogP contribution in [0.3, 0.4) is 0 Å². The second kappa shape index (κ2) is 7.78. The molecule has 0 bridgehead atoms. The van der Waals surface area contributed by atoms with Crippen molar-refractivity contribution in [3.8, 4) is 0 Å². The van der Waals surface area contributed by atoms with Crippen molar-refractivity contribution in [1.82, 2.24) is 10.2 Å². The molecular formula is C16H24ClN3O. The highest BCUT2D eigenvalue weighted by Crippen LogP contribution is 2.20. The van der Waals surface area contributed by atoms with Crippen LogP contribution in [0.4, 0.5) is 0 Å². The molecule has 116 valence electrons. The first-order chi connectivity index (χ1) is 10.1. The van der Waals surface area contributed by atoms with Crippen LogP contribution in [-0.4, -0.2) is 36.5 Å². The molecule has 0 radical (unpaired) electrons. The summed E-state index contributed by atoms with van der Waals surface area (Å²) < 4.78 is 0. The van der Waals surface area contributed by atoms with Crippen molar-refractivity contribution in [3.63, 3.8) is 0 Å². The van der Waals surface area contributed by atoms with Gasteiger partial charge < -0.3 is 11.1 Å². The Kier molecular flexibility index (Phi) is 6.03. The van der Waals surface area contributed by atoms with Crippen molar-refractivity contribution in [2.45, 2.75) is 32.4 Å². The van der Waals surface area contributed by atoms with Gasteiger partial charge in [0, 0.05) is 24.2 Å². The molecule has 1 aromatic carbocycles. The van der Waals surface area contributed by atoms with E-state index in [4.69, 9.17) is 17.3 Å². The van der Waals surface area contributed by atoms with Crippen molar-refractivity contribution >= 4 is 17.5 Å². The highest BCUT2D eigenvalue weighted by atomic mass is 35.5. The Balaban J connectivity index is 1.79. The number of amides is 1. The van der Waals surface area contributed by atoms with Gasteiger partial charge in [-0.2, -0.15) is 0 Å². The fourth-order valence-electron chi connectivity index (χ4n) is 2.72. The molecule has 1 aromatic rings. The van der Waals surface area contributed by atoms with E-state index >= 15 is 0 Å². The first-order valence-electron chi connectivity index (χ1n) is 7.53. The zero-order valence-electron chi connectivity index (χ0n) is 12.5.